The van der Waals surface area contributed by atoms with Gasteiger partial charge in [-0.25, -0.2) is 9.97 Å². The Morgan fingerprint density at radius 2 is 2.10 bits per heavy atom. The SMILES string of the molecule is CCCNc1cc(C)nc(CSc2cccc(O)c2)n1. The summed E-state index contributed by atoms with van der Waals surface area (Å²) in [7, 11) is 0. The summed E-state index contributed by atoms with van der Waals surface area (Å²) in [5, 5.41) is 12.7. The number of nitrogens with one attached hydrogen (secondary N) is 1. The fourth-order valence-corrected chi connectivity index (χ4v) is 2.56. The fraction of sp³-hybridized carbons (Fsp3) is 0.333. The molecule has 4 nitrogen and oxygen atoms in total. The molecule has 106 valence electrons. The Morgan fingerprint density at radius 1 is 1.25 bits per heavy atom. The number of aromatic hydroxyl groups is 1. The number of aromatic nitrogens is 2. The molecular weight excluding hydrogens is 270 g/mol. The van der Waals surface area contributed by atoms with Crippen LogP contribution in [0.25, 0.3) is 0 Å². The van der Waals surface area contributed by atoms with Gasteiger partial charge in [-0.3, -0.25) is 0 Å². The molecule has 0 unspecified atom stereocenters. The molecule has 0 saturated carbocycles. The number of benzene rings is 1. The molecule has 1 aromatic carbocycles. The second-order valence-corrected chi connectivity index (χ2v) is 5.57. The summed E-state index contributed by atoms with van der Waals surface area (Å²) in [5.41, 5.74) is 0.963. The van der Waals surface area contributed by atoms with E-state index in [4.69, 9.17) is 0 Å². The summed E-state index contributed by atoms with van der Waals surface area (Å²) in [6, 6.07) is 9.17. The molecule has 0 amide bonds. The Morgan fingerprint density at radius 3 is 2.85 bits per heavy atom. The van der Waals surface area contributed by atoms with Gasteiger partial charge in [0.25, 0.3) is 0 Å². The molecule has 0 radical (unpaired) electrons. The van der Waals surface area contributed by atoms with Crippen molar-refractivity contribution in [3.05, 3.63) is 41.9 Å². The van der Waals surface area contributed by atoms with Gasteiger partial charge in [-0.05, 0) is 31.5 Å². The van der Waals surface area contributed by atoms with Crippen molar-refractivity contribution in [2.75, 3.05) is 11.9 Å². The third kappa shape index (κ3) is 4.42. The number of phenolic OH excluding ortho intramolecular Hbond substituents is 1. The Kier molecular flexibility index (Phi) is 5.24. The van der Waals surface area contributed by atoms with Crippen molar-refractivity contribution in [3.63, 3.8) is 0 Å². The average Bonchev–Trinajstić information content (AvgIpc) is 2.42. The lowest BCUT2D eigenvalue weighted by atomic mass is 10.3. The molecular formula is C15H19N3OS. The number of hydrogen-bond donors (Lipinski definition) is 2. The summed E-state index contributed by atoms with van der Waals surface area (Å²) < 4.78 is 0. The van der Waals surface area contributed by atoms with Gasteiger partial charge < -0.3 is 10.4 Å². The van der Waals surface area contributed by atoms with Crippen molar-refractivity contribution in [1.29, 1.82) is 0 Å². The Balaban J connectivity index is 2.03. The van der Waals surface area contributed by atoms with Gasteiger partial charge >= 0.3 is 0 Å². The van der Waals surface area contributed by atoms with Gasteiger partial charge in [0.1, 0.15) is 17.4 Å². The topological polar surface area (TPSA) is 58.0 Å². The maximum absolute atomic E-state index is 9.44. The summed E-state index contributed by atoms with van der Waals surface area (Å²) in [6.45, 7) is 5.01. The van der Waals surface area contributed by atoms with E-state index in [9.17, 15) is 5.11 Å². The predicted molar refractivity (Wildman–Crippen MR) is 83.2 cm³/mol. The summed E-state index contributed by atoms with van der Waals surface area (Å²) in [4.78, 5) is 9.96. The van der Waals surface area contributed by atoms with Crippen LogP contribution >= 0.6 is 11.8 Å². The number of phenols is 1. The van der Waals surface area contributed by atoms with Crippen molar-refractivity contribution in [1.82, 2.24) is 9.97 Å². The van der Waals surface area contributed by atoms with Crippen LogP contribution in [0.2, 0.25) is 0 Å². The highest BCUT2D eigenvalue weighted by atomic mass is 32.2. The molecule has 2 aromatic rings. The largest absolute Gasteiger partial charge is 0.508 e. The average molecular weight is 289 g/mol. The van der Waals surface area contributed by atoms with Crippen molar-refractivity contribution in [3.8, 4) is 5.75 Å². The second kappa shape index (κ2) is 7.14. The standard InChI is InChI=1S/C15H19N3OS/c1-3-7-16-14-8-11(2)17-15(18-14)10-20-13-6-4-5-12(19)9-13/h4-6,8-9,19H,3,7,10H2,1-2H3,(H,16,17,18). The molecule has 0 bridgehead atoms. The molecule has 5 heteroatoms. The molecule has 0 fully saturated rings. The molecule has 0 atom stereocenters. The molecule has 1 heterocycles. The van der Waals surface area contributed by atoms with Gasteiger partial charge in [0.15, 0.2) is 0 Å². The van der Waals surface area contributed by atoms with Gasteiger partial charge in [0.05, 0.1) is 5.75 Å². The lowest BCUT2D eigenvalue weighted by Crippen LogP contribution is -2.05. The molecule has 2 N–H and O–H groups in total. The third-order valence-electron chi connectivity index (χ3n) is 2.64. The van der Waals surface area contributed by atoms with Crippen molar-refractivity contribution >= 4 is 17.6 Å². The molecule has 0 spiro atoms. The number of anilines is 1. The number of rotatable bonds is 6. The predicted octanol–water partition coefficient (Wildman–Crippen LogP) is 3.60. The normalized spacial score (nSPS) is 10.5. The van der Waals surface area contributed by atoms with E-state index in [1.165, 1.54) is 0 Å². The van der Waals surface area contributed by atoms with E-state index in [0.29, 0.717) is 5.75 Å². The molecule has 0 saturated heterocycles. The Hall–Kier alpha value is -1.75. The second-order valence-electron chi connectivity index (χ2n) is 4.52. The molecule has 2 rings (SSSR count). The quantitative estimate of drug-likeness (QED) is 0.796. The van der Waals surface area contributed by atoms with E-state index in [2.05, 4.69) is 22.2 Å². The van der Waals surface area contributed by atoms with Crippen LogP contribution in [0, 0.1) is 6.92 Å². The molecule has 1 aromatic heterocycles. The van der Waals surface area contributed by atoms with E-state index >= 15 is 0 Å². The van der Waals surface area contributed by atoms with E-state index in [1.807, 2.05) is 25.1 Å². The molecule has 0 aliphatic rings. The maximum Gasteiger partial charge on any atom is 0.141 e. The fourth-order valence-electron chi connectivity index (χ4n) is 1.76. The lowest BCUT2D eigenvalue weighted by Gasteiger charge is -2.07. The van der Waals surface area contributed by atoms with Crippen LogP contribution in [0.5, 0.6) is 5.75 Å². The molecule has 0 aliphatic heterocycles. The Bertz CT molecular complexity index is 575. The monoisotopic (exact) mass is 289 g/mol. The lowest BCUT2D eigenvalue weighted by molar-refractivity contribution is 0.474. The van der Waals surface area contributed by atoms with Crippen LogP contribution in [0.1, 0.15) is 24.9 Å². The minimum absolute atomic E-state index is 0.283. The van der Waals surface area contributed by atoms with Gasteiger partial charge in [0, 0.05) is 23.2 Å². The van der Waals surface area contributed by atoms with Crippen molar-refractivity contribution < 1.29 is 5.11 Å². The van der Waals surface area contributed by atoms with Crippen molar-refractivity contribution in [2.24, 2.45) is 0 Å². The zero-order chi connectivity index (χ0) is 14.4. The number of aryl methyl sites for hydroxylation is 1. The smallest absolute Gasteiger partial charge is 0.141 e. The minimum Gasteiger partial charge on any atom is -0.508 e. The first-order valence-corrected chi connectivity index (χ1v) is 7.66. The van der Waals surface area contributed by atoms with Crippen LogP contribution in [0.15, 0.2) is 35.2 Å². The Labute approximate surface area is 123 Å². The van der Waals surface area contributed by atoms with Crippen LogP contribution < -0.4 is 5.32 Å². The van der Waals surface area contributed by atoms with Gasteiger partial charge in [-0.2, -0.15) is 0 Å². The highest BCUT2D eigenvalue weighted by Gasteiger charge is 2.04. The van der Waals surface area contributed by atoms with Crippen LogP contribution in [0.4, 0.5) is 5.82 Å². The molecule has 20 heavy (non-hydrogen) atoms. The van der Waals surface area contributed by atoms with E-state index in [-0.39, 0.29) is 5.75 Å². The van der Waals surface area contributed by atoms with E-state index in [1.54, 1.807) is 23.9 Å². The first-order chi connectivity index (χ1) is 9.67. The summed E-state index contributed by atoms with van der Waals surface area (Å²) in [5.74, 6) is 2.65. The maximum atomic E-state index is 9.44. The van der Waals surface area contributed by atoms with Crippen LogP contribution in [-0.2, 0) is 5.75 Å². The summed E-state index contributed by atoms with van der Waals surface area (Å²) >= 11 is 1.62. The summed E-state index contributed by atoms with van der Waals surface area (Å²) in [6.07, 6.45) is 1.07. The van der Waals surface area contributed by atoms with Crippen LogP contribution in [0.3, 0.4) is 0 Å². The van der Waals surface area contributed by atoms with E-state index < -0.39 is 0 Å². The number of nitrogens with zero attached hydrogens (tertiary/aromatic N) is 2. The first-order valence-electron chi connectivity index (χ1n) is 6.67. The highest BCUT2D eigenvalue weighted by molar-refractivity contribution is 7.98. The van der Waals surface area contributed by atoms with Crippen molar-refractivity contribution in [2.45, 2.75) is 30.9 Å². The molecule has 0 aliphatic carbocycles. The zero-order valence-electron chi connectivity index (χ0n) is 11.8. The zero-order valence-corrected chi connectivity index (χ0v) is 12.6. The highest BCUT2D eigenvalue weighted by Crippen LogP contribution is 2.25. The number of thioether (sulfide) groups is 1. The van der Waals surface area contributed by atoms with Gasteiger partial charge in [0.2, 0.25) is 0 Å². The third-order valence-corrected chi connectivity index (χ3v) is 3.63. The van der Waals surface area contributed by atoms with E-state index in [0.717, 1.165) is 35.2 Å². The minimum atomic E-state index is 0.283. The van der Waals surface area contributed by atoms with Gasteiger partial charge in [-0.15, -0.1) is 11.8 Å². The van der Waals surface area contributed by atoms with Gasteiger partial charge in [-0.1, -0.05) is 13.0 Å². The van der Waals surface area contributed by atoms with Crippen LogP contribution in [-0.4, -0.2) is 21.6 Å². The number of hydrogen-bond acceptors (Lipinski definition) is 5. The first kappa shape index (κ1) is 14.7.